The lowest BCUT2D eigenvalue weighted by Crippen LogP contribution is -2.25. The summed E-state index contributed by atoms with van der Waals surface area (Å²) in [6.07, 6.45) is 17.1. The highest BCUT2D eigenvalue weighted by molar-refractivity contribution is 6.02. The van der Waals surface area contributed by atoms with Crippen molar-refractivity contribution in [1.82, 2.24) is 0 Å². The Kier molecular flexibility index (Phi) is 9.57. The van der Waals surface area contributed by atoms with E-state index in [0.29, 0.717) is 18.3 Å². The quantitative estimate of drug-likeness (QED) is 0.106. The number of benzene rings is 2. The van der Waals surface area contributed by atoms with Gasteiger partial charge in [-0.3, -0.25) is 10.1 Å². The number of fused-ring (bicyclic) bond motifs is 3. The molecule has 0 atom stereocenters. The van der Waals surface area contributed by atoms with Crippen LogP contribution >= 0.6 is 0 Å². The van der Waals surface area contributed by atoms with Crippen LogP contribution in [0, 0.1) is 22.0 Å². The molecule has 0 bridgehead atoms. The summed E-state index contributed by atoms with van der Waals surface area (Å²) in [7, 11) is 0. The van der Waals surface area contributed by atoms with E-state index in [9.17, 15) is 14.9 Å². The number of hydrogen-bond donors (Lipinski definition) is 0. The molecule has 2 fully saturated rings. The topological polar surface area (TPSA) is 81.8 Å². The molecule has 3 aliphatic carbocycles. The first kappa shape index (κ1) is 29.5. The lowest BCUT2D eigenvalue weighted by Gasteiger charge is -2.32. The van der Waals surface area contributed by atoms with Crippen LogP contribution in [0.5, 0.6) is 0 Å². The van der Waals surface area contributed by atoms with Gasteiger partial charge in [0.2, 0.25) is 0 Å². The van der Waals surface area contributed by atoms with Gasteiger partial charge in [0.15, 0.2) is 0 Å². The van der Waals surface area contributed by atoms with Crippen LogP contribution in [0.25, 0.3) is 11.1 Å². The second-order valence-electron chi connectivity index (χ2n) is 12.7. The second kappa shape index (κ2) is 13.3. The summed E-state index contributed by atoms with van der Waals surface area (Å²) < 4.78 is 0. The third-order valence-corrected chi connectivity index (χ3v) is 9.99. The van der Waals surface area contributed by atoms with Gasteiger partial charge in [0.1, 0.15) is 0 Å². The molecule has 0 radical (unpaired) electrons. The molecule has 0 saturated heterocycles. The summed E-state index contributed by atoms with van der Waals surface area (Å²) in [4.78, 5) is 29.7. The Morgan fingerprint density at radius 3 is 2.02 bits per heavy atom. The summed E-state index contributed by atoms with van der Waals surface area (Å²) in [5.74, 6) is 1.12. The summed E-state index contributed by atoms with van der Waals surface area (Å²) in [5, 5.41) is 16.3. The van der Waals surface area contributed by atoms with Crippen molar-refractivity contribution >= 4 is 17.4 Å². The van der Waals surface area contributed by atoms with Crippen LogP contribution in [0.1, 0.15) is 133 Å². The minimum absolute atomic E-state index is 0.150. The van der Waals surface area contributed by atoms with Gasteiger partial charge in [0.05, 0.1) is 10.6 Å². The molecule has 0 N–H and O–H groups in total. The number of non-ortho nitro benzene ring substituents is 1. The first-order valence-electron chi connectivity index (χ1n) is 16.2. The smallest absolute Gasteiger partial charge is 0.318 e. The molecule has 3 aliphatic rings. The number of rotatable bonds is 13. The molecule has 220 valence electrons. The van der Waals surface area contributed by atoms with Gasteiger partial charge >= 0.3 is 5.97 Å². The molecule has 0 unspecified atom stereocenters. The average molecular weight is 559 g/mol. The molecule has 0 aromatic heterocycles. The van der Waals surface area contributed by atoms with Crippen LogP contribution < -0.4 is 0 Å². The zero-order valence-corrected chi connectivity index (χ0v) is 25.0. The average Bonchev–Trinajstić information content (AvgIpc) is 3.74. The molecule has 0 amide bonds. The summed E-state index contributed by atoms with van der Waals surface area (Å²) in [5.41, 5.74) is 6.29. The number of nitrogens with zero attached hydrogens (tertiary/aromatic N) is 2. The van der Waals surface area contributed by atoms with Gasteiger partial charge in [-0.15, -0.1) is 0 Å². The molecule has 2 aromatic rings. The van der Waals surface area contributed by atoms with Crippen LogP contribution in [-0.4, -0.2) is 16.6 Å². The molecule has 5 rings (SSSR count). The van der Waals surface area contributed by atoms with E-state index in [-0.39, 0.29) is 22.0 Å². The van der Waals surface area contributed by atoms with Crippen molar-refractivity contribution < 1.29 is 14.6 Å². The Hall–Kier alpha value is -3.02. The first-order chi connectivity index (χ1) is 19.9. The van der Waals surface area contributed by atoms with E-state index < -0.39 is 0 Å². The SMILES string of the molecule is CCCC1(CCC)c2cc(/C(CCC3CCCC3)=N\OC(=O)CCC3CCCC3)ccc2-c2ccc([N+](=O)[O-])cc21. The molecular weight excluding hydrogens is 512 g/mol. The van der Waals surface area contributed by atoms with Crippen molar-refractivity contribution in [2.24, 2.45) is 17.0 Å². The zero-order chi connectivity index (χ0) is 28.8. The van der Waals surface area contributed by atoms with E-state index in [4.69, 9.17) is 4.84 Å². The first-order valence-corrected chi connectivity index (χ1v) is 16.2. The van der Waals surface area contributed by atoms with Crippen LogP contribution in [0.2, 0.25) is 0 Å². The van der Waals surface area contributed by atoms with E-state index in [1.807, 2.05) is 12.1 Å². The third kappa shape index (κ3) is 6.42. The standard InChI is InChI=1S/C35H46N2O4/c1-3-21-35(22-4-2)31-23-27(15-17-29(31)30-18-16-28(37(39)40)24-32(30)35)33(19-13-25-9-5-6-10-25)36-41-34(38)20-14-26-11-7-8-12-26/h15-18,23-26H,3-14,19-22H2,1-2H3/b36-33-. The number of nitro groups is 1. The fourth-order valence-corrected chi connectivity index (χ4v) is 7.95. The predicted octanol–water partition coefficient (Wildman–Crippen LogP) is 9.65. The van der Waals surface area contributed by atoms with Gasteiger partial charge in [-0.1, -0.05) is 95.3 Å². The summed E-state index contributed by atoms with van der Waals surface area (Å²) >= 11 is 0. The van der Waals surface area contributed by atoms with Crippen molar-refractivity contribution in [1.29, 1.82) is 0 Å². The van der Waals surface area contributed by atoms with Crippen molar-refractivity contribution in [2.45, 2.75) is 122 Å². The van der Waals surface area contributed by atoms with Gasteiger partial charge in [-0.25, -0.2) is 4.79 Å². The highest BCUT2D eigenvalue weighted by Gasteiger charge is 2.43. The van der Waals surface area contributed by atoms with Crippen LogP contribution in [0.4, 0.5) is 5.69 Å². The fraction of sp³-hybridized carbons (Fsp3) is 0.600. The number of nitro benzene ring substituents is 1. The minimum atomic E-state index is -0.286. The Labute approximate surface area is 245 Å². The van der Waals surface area contributed by atoms with Crippen molar-refractivity contribution in [3.63, 3.8) is 0 Å². The van der Waals surface area contributed by atoms with E-state index in [1.54, 1.807) is 6.07 Å². The summed E-state index contributed by atoms with van der Waals surface area (Å²) in [6, 6.07) is 11.9. The van der Waals surface area contributed by atoms with Gasteiger partial charge in [0, 0.05) is 24.0 Å². The van der Waals surface area contributed by atoms with Crippen molar-refractivity contribution in [3.8, 4) is 11.1 Å². The van der Waals surface area contributed by atoms with Gasteiger partial charge in [0.25, 0.3) is 5.69 Å². The number of oxime groups is 1. The molecule has 41 heavy (non-hydrogen) atoms. The number of carbonyl (C=O) groups is 1. The Morgan fingerprint density at radius 1 is 0.878 bits per heavy atom. The fourth-order valence-electron chi connectivity index (χ4n) is 7.95. The Morgan fingerprint density at radius 2 is 1.44 bits per heavy atom. The third-order valence-electron chi connectivity index (χ3n) is 9.99. The highest BCUT2D eigenvalue weighted by atomic mass is 16.7. The van der Waals surface area contributed by atoms with E-state index in [1.165, 1.54) is 56.9 Å². The highest BCUT2D eigenvalue weighted by Crippen LogP contribution is 2.54. The molecular formula is C35H46N2O4. The van der Waals surface area contributed by atoms with Crippen LogP contribution in [0.15, 0.2) is 41.6 Å². The monoisotopic (exact) mass is 558 g/mol. The molecule has 2 aromatic carbocycles. The van der Waals surface area contributed by atoms with E-state index in [0.717, 1.165) is 72.9 Å². The lowest BCUT2D eigenvalue weighted by atomic mass is 9.71. The summed E-state index contributed by atoms with van der Waals surface area (Å²) in [6.45, 7) is 4.38. The normalized spacial score (nSPS) is 18.4. The predicted molar refractivity (Wildman–Crippen MR) is 164 cm³/mol. The van der Waals surface area contributed by atoms with Gasteiger partial charge < -0.3 is 4.84 Å². The maximum absolute atomic E-state index is 12.7. The molecule has 0 spiro atoms. The Balaban J connectivity index is 1.47. The van der Waals surface area contributed by atoms with Crippen molar-refractivity contribution in [3.05, 3.63) is 63.2 Å². The molecule has 0 aliphatic heterocycles. The second-order valence-corrected chi connectivity index (χ2v) is 12.7. The van der Waals surface area contributed by atoms with Crippen LogP contribution in [0.3, 0.4) is 0 Å². The van der Waals surface area contributed by atoms with Gasteiger partial charge in [-0.05, 0) is 83.9 Å². The number of carbonyl (C=O) groups excluding carboxylic acids is 1. The zero-order valence-electron chi connectivity index (χ0n) is 25.0. The van der Waals surface area contributed by atoms with Gasteiger partial charge in [-0.2, -0.15) is 0 Å². The largest absolute Gasteiger partial charge is 0.335 e. The Bertz CT molecular complexity index is 1260. The maximum Gasteiger partial charge on any atom is 0.335 e. The molecule has 2 saturated carbocycles. The van der Waals surface area contributed by atoms with Crippen molar-refractivity contribution in [2.75, 3.05) is 0 Å². The maximum atomic E-state index is 12.7. The molecule has 6 nitrogen and oxygen atoms in total. The van der Waals surface area contributed by atoms with Crippen LogP contribution in [-0.2, 0) is 15.0 Å². The molecule has 0 heterocycles. The van der Waals surface area contributed by atoms with E-state index in [2.05, 4.69) is 37.2 Å². The lowest BCUT2D eigenvalue weighted by molar-refractivity contribution is -0.384. The minimum Gasteiger partial charge on any atom is -0.318 e. The number of hydrogen-bond acceptors (Lipinski definition) is 5. The molecule has 6 heteroatoms. The van der Waals surface area contributed by atoms with E-state index >= 15 is 0 Å².